The first-order chi connectivity index (χ1) is 17.4. The Bertz CT molecular complexity index is 965. The van der Waals surface area contributed by atoms with E-state index in [2.05, 4.69) is 32.4 Å². The van der Waals surface area contributed by atoms with E-state index in [1.807, 2.05) is 0 Å². The maximum Gasteiger partial charge on any atom is 0.237 e. The van der Waals surface area contributed by atoms with E-state index in [0.29, 0.717) is 48.3 Å². The second-order valence-electron chi connectivity index (χ2n) is 14.3. The van der Waals surface area contributed by atoms with Crippen LogP contribution in [0.2, 0.25) is 0 Å². The van der Waals surface area contributed by atoms with Gasteiger partial charge in [-0.3, -0.25) is 9.52 Å². The molecule has 0 aromatic carbocycles. The van der Waals surface area contributed by atoms with Crippen LogP contribution in [-0.2, 0) is 14.8 Å². The van der Waals surface area contributed by atoms with E-state index in [-0.39, 0.29) is 46.5 Å². The Balaban J connectivity index is 1.25. The fourth-order valence-corrected chi connectivity index (χ4v) is 11.7. The van der Waals surface area contributed by atoms with Crippen molar-refractivity contribution in [2.75, 3.05) is 0 Å². The second-order valence-corrected chi connectivity index (χ2v) is 16.2. The van der Waals surface area contributed by atoms with E-state index in [9.17, 15) is 23.4 Å². The molecular formula is C30H51NO5S. The predicted octanol–water partition coefficient (Wildman–Crippen LogP) is 5.03. The number of carbonyl (C=O) groups is 1. The third kappa shape index (κ3) is 4.81. The molecule has 0 bridgehead atoms. The quantitative estimate of drug-likeness (QED) is 0.403. The minimum absolute atomic E-state index is 0.211. The molecule has 0 heterocycles. The van der Waals surface area contributed by atoms with Crippen LogP contribution < -0.4 is 4.72 Å². The number of hydrogen-bond acceptors (Lipinski definition) is 5. The first kappa shape index (κ1) is 27.9. The SMILES string of the molecule is CC[C@H]1[C@@H](O)[C@@H]2[C@H](CC[C@]3(C)[C@@H]([C@H](C)CCCC(=O)NS(=O)(=O)C4CC4)CC[C@@H]23)[C@@]2(C)CC[C@@H](O)C[C@@H]12. The van der Waals surface area contributed by atoms with Gasteiger partial charge in [0.05, 0.1) is 17.5 Å². The summed E-state index contributed by atoms with van der Waals surface area (Å²) < 4.78 is 26.4. The summed E-state index contributed by atoms with van der Waals surface area (Å²) in [6.07, 6.45) is 11.4. The van der Waals surface area contributed by atoms with Crippen molar-refractivity contribution in [3.63, 3.8) is 0 Å². The molecule has 0 spiro atoms. The summed E-state index contributed by atoms with van der Waals surface area (Å²) in [7, 11) is -3.46. The molecule has 0 aromatic heterocycles. The normalized spacial score (nSPS) is 46.4. The van der Waals surface area contributed by atoms with E-state index >= 15 is 0 Å². The molecule has 0 radical (unpaired) electrons. The van der Waals surface area contributed by atoms with Crippen LogP contribution in [-0.4, -0.2) is 42.0 Å². The van der Waals surface area contributed by atoms with Crippen LogP contribution in [0.1, 0.15) is 111 Å². The molecule has 212 valence electrons. The summed E-state index contributed by atoms with van der Waals surface area (Å²) in [4.78, 5) is 12.3. The zero-order valence-corrected chi connectivity index (χ0v) is 24.3. The van der Waals surface area contributed by atoms with Crippen molar-refractivity contribution in [2.24, 2.45) is 52.3 Å². The van der Waals surface area contributed by atoms with E-state index in [1.165, 1.54) is 25.7 Å². The average Bonchev–Trinajstić information content (AvgIpc) is 3.63. The first-order valence-electron chi connectivity index (χ1n) is 15.3. The fourth-order valence-electron chi connectivity index (χ4n) is 10.4. The van der Waals surface area contributed by atoms with Crippen LogP contribution in [0.4, 0.5) is 0 Å². The van der Waals surface area contributed by atoms with Gasteiger partial charge in [-0.05, 0) is 123 Å². The summed E-state index contributed by atoms with van der Waals surface area (Å²) >= 11 is 0. The molecule has 1 amide bonds. The van der Waals surface area contributed by atoms with Crippen molar-refractivity contribution in [2.45, 2.75) is 129 Å². The second kappa shape index (κ2) is 10.1. The molecular weight excluding hydrogens is 486 g/mol. The summed E-state index contributed by atoms with van der Waals surface area (Å²) in [5.41, 5.74) is 0.442. The van der Waals surface area contributed by atoms with E-state index < -0.39 is 10.0 Å². The van der Waals surface area contributed by atoms with E-state index in [4.69, 9.17) is 0 Å². The number of rotatable bonds is 8. The molecule has 5 saturated carbocycles. The number of nitrogens with one attached hydrogen (secondary N) is 1. The molecule has 0 aliphatic heterocycles. The highest BCUT2D eigenvalue weighted by molar-refractivity contribution is 7.90. The molecule has 7 heteroatoms. The van der Waals surface area contributed by atoms with Crippen molar-refractivity contribution in [1.82, 2.24) is 4.72 Å². The van der Waals surface area contributed by atoms with E-state index in [0.717, 1.165) is 38.5 Å². The molecule has 6 nitrogen and oxygen atoms in total. The van der Waals surface area contributed by atoms with Gasteiger partial charge in [0.15, 0.2) is 0 Å². The molecule has 0 unspecified atom stereocenters. The highest BCUT2D eigenvalue weighted by Crippen LogP contribution is 2.69. The maximum atomic E-state index is 12.3. The zero-order chi connectivity index (χ0) is 26.8. The number of aliphatic hydroxyl groups is 2. The molecule has 11 atom stereocenters. The summed E-state index contributed by atoms with van der Waals surface area (Å²) in [6.45, 7) is 9.53. The largest absolute Gasteiger partial charge is 0.393 e. The number of carbonyl (C=O) groups excluding carboxylic acids is 1. The lowest BCUT2D eigenvalue weighted by molar-refractivity contribution is -0.203. The van der Waals surface area contributed by atoms with Gasteiger partial charge in [-0.25, -0.2) is 8.42 Å². The first-order valence-corrected chi connectivity index (χ1v) is 16.9. The van der Waals surface area contributed by atoms with Gasteiger partial charge < -0.3 is 10.2 Å². The molecule has 0 saturated heterocycles. The Morgan fingerprint density at radius 1 is 0.973 bits per heavy atom. The van der Waals surface area contributed by atoms with Crippen molar-refractivity contribution >= 4 is 15.9 Å². The lowest BCUT2D eigenvalue weighted by Crippen LogP contribution is -2.62. The molecule has 37 heavy (non-hydrogen) atoms. The number of amides is 1. The van der Waals surface area contributed by atoms with Crippen molar-refractivity contribution < 1.29 is 23.4 Å². The smallest absolute Gasteiger partial charge is 0.237 e. The predicted molar refractivity (Wildman–Crippen MR) is 145 cm³/mol. The molecule has 0 aromatic rings. The minimum Gasteiger partial charge on any atom is -0.393 e. The topological polar surface area (TPSA) is 104 Å². The Morgan fingerprint density at radius 2 is 1.65 bits per heavy atom. The minimum atomic E-state index is -3.46. The molecule has 5 rings (SSSR count). The number of sulfonamides is 1. The lowest BCUT2D eigenvalue weighted by atomic mass is 9.41. The van der Waals surface area contributed by atoms with Crippen LogP contribution in [0.3, 0.4) is 0 Å². The molecule has 5 fully saturated rings. The van der Waals surface area contributed by atoms with Crippen LogP contribution in [0.5, 0.6) is 0 Å². The zero-order valence-electron chi connectivity index (χ0n) is 23.5. The van der Waals surface area contributed by atoms with Crippen molar-refractivity contribution in [3.8, 4) is 0 Å². The highest BCUT2D eigenvalue weighted by atomic mass is 32.2. The Hall–Kier alpha value is -0.660. The van der Waals surface area contributed by atoms with Gasteiger partial charge in [0, 0.05) is 6.42 Å². The maximum absolute atomic E-state index is 12.3. The Labute approximate surface area is 224 Å². The summed E-state index contributed by atoms with van der Waals surface area (Å²) in [6, 6.07) is 0. The highest BCUT2D eigenvalue weighted by Gasteiger charge is 2.64. The number of aliphatic hydroxyl groups excluding tert-OH is 2. The average molecular weight is 538 g/mol. The van der Waals surface area contributed by atoms with Gasteiger partial charge in [0.2, 0.25) is 15.9 Å². The van der Waals surface area contributed by atoms with Crippen LogP contribution in [0.25, 0.3) is 0 Å². The van der Waals surface area contributed by atoms with Gasteiger partial charge in [0.25, 0.3) is 0 Å². The standard InChI is InChI=1S/C30H51NO5S/c1-5-21-25-17-19(32)13-15-30(25,4)24-14-16-29(3)22(11-12-23(29)27(24)28(21)34)18(2)7-6-8-26(33)31-37(35,36)20-9-10-20/h18-25,27-28,32,34H,5-17H2,1-4H3,(H,31,33)/t18-,19-,21-,22-,23+,24+,25+,27+,28-,29-,30-/m1/s1. The fraction of sp³-hybridized carbons (Fsp3) is 0.967. The van der Waals surface area contributed by atoms with Crippen molar-refractivity contribution in [3.05, 3.63) is 0 Å². The van der Waals surface area contributed by atoms with Gasteiger partial charge in [0.1, 0.15) is 0 Å². The van der Waals surface area contributed by atoms with Crippen LogP contribution in [0, 0.1) is 52.3 Å². The van der Waals surface area contributed by atoms with Gasteiger partial charge in [-0.1, -0.05) is 34.1 Å². The molecule has 5 aliphatic rings. The van der Waals surface area contributed by atoms with Gasteiger partial charge >= 0.3 is 0 Å². The molecule has 3 N–H and O–H groups in total. The monoisotopic (exact) mass is 537 g/mol. The van der Waals surface area contributed by atoms with Gasteiger partial charge in [-0.2, -0.15) is 0 Å². The lowest BCUT2D eigenvalue weighted by Gasteiger charge is -2.64. The molecule has 5 aliphatic carbocycles. The Morgan fingerprint density at radius 3 is 2.32 bits per heavy atom. The third-order valence-corrected chi connectivity index (χ3v) is 14.3. The van der Waals surface area contributed by atoms with Crippen molar-refractivity contribution in [1.29, 1.82) is 0 Å². The van der Waals surface area contributed by atoms with Gasteiger partial charge in [-0.15, -0.1) is 0 Å². The summed E-state index contributed by atoms with van der Waals surface area (Å²) in [5, 5.41) is 22.0. The number of hydrogen-bond donors (Lipinski definition) is 3. The number of fused-ring (bicyclic) bond motifs is 5. The van der Waals surface area contributed by atoms with Crippen LogP contribution in [0.15, 0.2) is 0 Å². The summed E-state index contributed by atoms with van der Waals surface area (Å²) in [5.74, 6) is 2.87. The van der Waals surface area contributed by atoms with Crippen LogP contribution >= 0.6 is 0 Å². The van der Waals surface area contributed by atoms with E-state index in [1.54, 1.807) is 0 Å². The third-order valence-electron chi connectivity index (χ3n) is 12.4. The Kier molecular flexibility index (Phi) is 7.59.